The lowest BCUT2D eigenvalue weighted by molar-refractivity contribution is -0.116. The molecule has 0 saturated carbocycles. The highest BCUT2D eigenvalue weighted by atomic mass is 16.3. The molecule has 0 aliphatic heterocycles. The van der Waals surface area contributed by atoms with E-state index in [1.54, 1.807) is 16.8 Å². The van der Waals surface area contributed by atoms with Crippen molar-refractivity contribution in [3.05, 3.63) is 72.6 Å². The third kappa shape index (κ3) is 4.51. The number of benzene rings is 2. The fourth-order valence-electron chi connectivity index (χ4n) is 3.34. The lowest BCUT2D eigenvalue weighted by Gasteiger charge is -2.04. The molecule has 0 unspecified atom stereocenters. The van der Waals surface area contributed by atoms with Gasteiger partial charge in [0.05, 0.1) is 17.6 Å². The number of rotatable bonds is 7. The number of aromatic hydroxyl groups is 1. The van der Waals surface area contributed by atoms with Gasteiger partial charge >= 0.3 is 0 Å². The summed E-state index contributed by atoms with van der Waals surface area (Å²) in [6.45, 7) is 0.730. The summed E-state index contributed by atoms with van der Waals surface area (Å²) < 4.78 is 1.66. The molecule has 4 aromatic rings. The molecule has 6 N–H and O–H groups in total. The van der Waals surface area contributed by atoms with Gasteiger partial charge in [0.1, 0.15) is 23.6 Å². The minimum Gasteiger partial charge on any atom is -0.506 e. The molecule has 0 aliphatic carbocycles. The molecule has 2 aromatic carbocycles. The molecule has 0 radical (unpaired) electrons. The molecule has 0 saturated heterocycles. The second kappa shape index (κ2) is 9.17. The molecular formula is C23H23N7O2. The highest BCUT2D eigenvalue weighted by Crippen LogP contribution is 2.33. The van der Waals surface area contributed by atoms with Crippen molar-refractivity contribution in [1.82, 2.24) is 25.1 Å². The van der Waals surface area contributed by atoms with Crippen molar-refractivity contribution < 1.29 is 9.90 Å². The van der Waals surface area contributed by atoms with Gasteiger partial charge in [0, 0.05) is 12.1 Å². The number of nitrogens with zero attached hydrogens (tertiary/aromatic N) is 4. The molecule has 9 heteroatoms. The number of carbonyl (C=O) groups excluding carboxylic acids is 1. The number of nitrogens with one attached hydrogen (secondary N) is 1. The molecule has 162 valence electrons. The summed E-state index contributed by atoms with van der Waals surface area (Å²) in [5, 5.41) is 18.0. The zero-order chi connectivity index (χ0) is 22.5. The molecule has 0 spiro atoms. The first-order chi connectivity index (χ1) is 15.5. The van der Waals surface area contributed by atoms with Crippen LogP contribution in [-0.4, -0.2) is 37.3 Å². The first kappa shape index (κ1) is 20.9. The Balaban J connectivity index is 1.47. The largest absolute Gasteiger partial charge is 0.506 e. The van der Waals surface area contributed by atoms with Crippen LogP contribution in [0.1, 0.15) is 5.56 Å². The molecule has 2 aromatic heterocycles. The van der Waals surface area contributed by atoms with E-state index in [0.717, 1.165) is 5.56 Å². The molecule has 32 heavy (non-hydrogen) atoms. The average molecular weight is 429 g/mol. The van der Waals surface area contributed by atoms with Crippen LogP contribution in [0.3, 0.4) is 0 Å². The lowest BCUT2D eigenvalue weighted by Crippen LogP contribution is -2.25. The van der Waals surface area contributed by atoms with E-state index in [1.807, 2.05) is 36.4 Å². The molecule has 0 aliphatic rings. The second-order valence-electron chi connectivity index (χ2n) is 7.19. The average Bonchev–Trinajstić information content (AvgIpc) is 3.16. The smallest absolute Gasteiger partial charge is 0.243 e. The van der Waals surface area contributed by atoms with Gasteiger partial charge in [0.25, 0.3) is 0 Å². The number of nitrogens with two attached hydrogens (primary N) is 2. The summed E-state index contributed by atoms with van der Waals surface area (Å²) in [6.07, 6.45) is 5.40. The molecule has 0 bridgehead atoms. The predicted octanol–water partition coefficient (Wildman–Crippen LogP) is 2.28. The molecule has 1 amide bonds. The Morgan fingerprint density at radius 3 is 2.72 bits per heavy atom. The topological polar surface area (TPSA) is 145 Å². The van der Waals surface area contributed by atoms with Crippen molar-refractivity contribution in [2.45, 2.75) is 13.0 Å². The van der Waals surface area contributed by atoms with E-state index in [-0.39, 0.29) is 23.2 Å². The standard InChI is InChI=1S/C23H23N7O2/c24-17-10-9-16(13-18(17)31)21-20-22(25)27-14-28-23(20)30(29-21)12-11-26-19(32)8-4-7-15-5-2-1-3-6-15/h1-6,8-10,13-14,31H,7,11-12,24H2,(H,26,32)(H2,25,27,28). The Kier molecular flexibility index (Phi) is 5.98. The Labute approximate surface area is 184 Å². The number of phenols is 1. The molecule has 4 rings (SSSR count). The van der Waals surface area contributed by atoms with Crippen LogP contribution in [0.5, 0.6) is 5.75 Å². The van der Waals surface area contributed by atoms with Crippen LogP contribution in [0.4, 0.5) is 11.5 Å². The summed E-state index contributed by atoms with van der Waals surface area (Å²) in [4.78, 5) is 20.5. The van der Waals surface area contributed by atoms with Crippen LogP contribution < -0.4 is 16.8 Å². The van der Waals surface area contributed by atoms with Gasteiger partial charge in [-0.3, -0.25) is 4.79 Å². The second-order valence-corrected chi connectivity index (χ2v) is 7.19. The van der Waals surface area contributed by atoms with Gasteiger partial charge in [0.2, 0.25) is 5.91 Å². The van der Waals surface area contributed by atoms with Crippen LogP contribution in [0, 0.1) is 0 Å². The number of nitrogen functional groups attached to an aromatic ring is 2. The summed E-state index contributed by atoms with van der Waals surface area (Å²) >= 11 is 0. The maximum atomic E-state index is 12.1. The molecule has 0 fully saturated rings. The zero-order valence-corrected chi connectivity index (χ0v) is 17.3. The molecule has 0 atom stereocenters. The van der Waals surface area contributed by atoms with Crippen LogP contribution in [0.2, 0.25) is 0 Å². The van der Waals surface area contributed by atoms with E-state index in [0.29, 0.717) is 41.8 Å². The number of aromatic nitrogens is 4. The highest BCUT2D eigenvalue weighted by Gasteiger charge is 2.17. The van der Waals surface area contributed by atoms with E-state index < -0.39 is 0 Å². The zero-order valence-electron chi connectivity index (χ0n) is 17.3. The van der Waals surface area contributed by atoms with E-state index in [2.05, 4.69) is 20.4 Å². The minimum atomic E-state index is -0.185. The predicted molar refractivity (Wildman–Crippen MR) is 124 cm³/mol. The maximum absolute atomic E-state index is 12.1. The van der Waals surface area contributed by atoms with E-state index >= 15 is 0 Å². The fraction of sp³-hybridized carbons (Fsp3) is 0.130. The SMILES string of the molecule is Nc1ccc(-c2nn(CCNC(=O)C=CCc3ccccc3)c3ncnc(N)c23)cc1O. The van der Waals surface area contributed by atoms with Crippen molar-refractivity contribution in [3.8, 4) is 17.0 Å². The number of anilines is 2. The first-order valence-corrected chi connectivity index (χ1v) is 10.1. The maximum Gasteiger partial charge on any atom is 0.243 e. The van der Waals surface area contributed by atoms with Gasteiger partial charge in [-0.1, -0.05) is 42.5 Å². The number of amides is 1. The third-order valence-electron chi connectivity index (χ3n) is 4.95. The van der Waals surface area contributed by atoms with Crippen molar-refractivity contribution in [2.75, 3.05) is 18.0 Å². The Hall–Kier alpha value is -4.40. The minimum absolute atomic E-state index is 0.0461. The molecule has 9 nitrogen and oxygen atoms in total. The van der Waals surface area contributed by atoms with Gasteiger partial charge in [-0.05, 0) is 30.2 Å². The number of fused-ring (bicyclic) bond motifs is 1. The van der Waals surface area contributed by atoms with Crippen molar-refractivity contribution in [3.63, 3.8) is 0 Å². The van der Waals surface area contributed by atoms with Crippen molar-refractivity contribution in [2.24, 2.45) is 0 Å². The first-order valence-electron chi connectivity index (χ1n) is 10.1. The molecule has 2 heterocycles. The van der Waals surface area contributed by atoms with Crippen molar-refractivity contribution in [1.29, 1.82) is 0 Å². The quantitative estimate of drug-likeness (QED) is 0.200. The third-order valence-corrected chi connectivity index (χ3v) is 4.95. The summed E-state index contributed by atoms with van der Waals surface area (Å²) in [7, 11) is 0. The van der Waals surface area contributed by atoms with E-state index in [4.69, 9.17) is 11.5 Å². The monoisotopic (exact) mass is 429 g/mol. The summed E-state index contributed by atoms with van der Waals surface area (Å²) in [5.41, 5.74) is 14.9. The van der Waals surface area contributed by atoms with Gasteiger partial charge in [-0.2, -0.15) is 5.10 Å². The Morgan fingerprint density at radius 2 is 1.94 bits per heavy atom. The summed E-state index contributed by atoms with van der Waals surface area (Å²) in [6, 6.07) is 14.8. The van der Waals surface area contributed by atoms with E-state index in [9.17, 15) is 9.90 Å². The number of allylic oxidation sites excluding steroid dienone is 1. The number of hydrogen-bond acceptors (Lipinski definition) is 7. The van der Waals surface area contributed by atoms with Crippen LogP contribution in [0.25, 0.3) is 22.3 Å². The number of carbonyl (C=O) groups is 1. The van der Waals surface area contributed by atoms with Crippen LogP contribution in [0.15, 0.2) is 67.0 Å². The number of phenolic OH excluding ortho intramolecular Hbond substituents is 1. The van der Waals surface area contributed by atoms with Gasteiger partial charge < -0.3 is 21.9 Å². The normalized spacial score (nSPS) is 11.2. The van der Waals surface area contributed by atoms with Gasteiger partial charge in [-0.25, -0.2) is 14.6 Å². The highest BCUT2D eigenvalue weighted by molar-refractivity contribution is 5.98. The lowest BCUT2D eigenvalue weighted by atomic mass is 10.1. The fourth-order valence-corrected chi connectivity index (χ4v) is 3.34. The van der Waals surface area contributed by atoms with E-state index in [1.165, 1.54) is 18.5 Å². The van der Waals surface area contributed by atoms with Crippen molar-refractivity contribution >= 4 is 28.4 Å². The number of hydrogen-bond donors (Lipinski definition) is 4. The van der Waals surface area contributed by atoms with Crippen LogP contribution in [-0.2, 0) is 17.8 Å². The van der Waals surface area contributed by atoms with Gasteiger partial charge in [-0.15, -0.1) is 0 Å². The molecular weight excluding hydrogens is 406 g/mol. The summed E-state index contributed by atoms with van der Waals surface area (Å²) in [5.74, 6) is 0.0471. The Morgan fingerprint density at radius 1 is 1.12 bits per heavy atom. The van der Waals surface area contributed by atoms with Gasteiger partial charge in [0.15, 0.2) is 5.65 Å². The Bertz CT molecular complexity index is 1280. The van der Waals surface area contributed by atoms with Crippen LogP contribution >= 0.6 is 0 Å².